The van der Waals surface area contributed by atoms with Gasteiger partial charge in [0.25, 0.3) is 0 Å². The Morgan fingerprint density at radius 1 is 1.32 bits per heavy atom. The summed E-state index contributed by atoms with van der Waals surface area (Å²) in [6.07, 6.45) is 7.60. The number of carbonyl (C=O) groups is 1. The normalized spacial score (nSPS) is 50.9. The Bertz CT molecular complexity index is 396. The van der Waals surface area contributed by atoms with Crippen LogP contribution in [0.3, 0.4) is 0 Å². The molecular formula is C15H22O4. The van der Waals surface area contributed by atoms with Crippen molar-refractivity contribution in [3.63, 3.8) is 0 Å². The number of carbonyl (C=O) groups excluding carboxylic acids is 1. The highest BCUT2D eigenvalue weighted by Crippen LogP contribution is 2.48. The van der Waals surface area contributed by atoms with E-state index in [1.165, 1.54) is 12.8 Å². The van der Waals surface area contributed by atoms with Crippen molar-refractivity contribution in [3.05, 3.63) is 0 Å². The highest BCUT2D eigenvalue weighted by molar-refractivity contribution is 5.73. The van der Waals surface area contributed by atoms with Crippen LogP contribution in [0.25, 0.3) is 0 Å². The molecule has 4 rings (SSSR count). The van der Waals surface area contributed by atoms with Crippen LogP contribution in [0, 0.1) is 11.8 Å². The average Bonchev–Trinajstić information content (AvgIpc) is 3.28. The van der Waals surface area contributed by atoms with Crippen LogP contribution < -0.4 is 0 Å². The van der Waals surface area contributed by atoms with Crippen molar-refractivity contribution < 1.29 is 19.0 Å². The molecule has 0 aromatic carbocycles. The second kappa shape index (κ2) is 4.19. The van der Waals surface area contributed by atoms with Gasteiger partial charge in [0, 0.05) is 0 Å². The molecule has 0 aromatic heterocycles. The molecule has 2 aliphatic carbocycles. The molecule has 2 saturated heterocycles. The molecule has 0 aromatic rings. The third kappa shape index (κ3) is 2.09. The van der Waals surface area contributed by atoms with Crippen LogP contribution in [0.15, 0.2) is 0 Å². The van der Waals surface area contributed by atoms with E-state index in [9.17, 15) is 4.79 Å². The monoisotopic (exact) mass is 266 g/mol. The van der Waals surface area contributed by atoms with Crippen LogP contribution in [-0.4, -0.2) is 36.5 Å². The zero-order valence-electron chi connectivity index (χ0n) is 11.5. The van der Waals surface area contributed by atoms with Crippen molar-refractivity contribution in [3.8, 4) is 0 Å². The SMILES string of the molecule is CC1CC2OC2CC1C(=O)OCC12CCCCC1O2. The van der Waals surface area contributed by atoms with Crippen LogP contribution in [0.5, 0.6) is 0 Å². The summed E-state index contributed by atoms with van der Waals surface area (Å²) < 4.78 is 16.9. The lowest BCUT2D eigenvalue weighted by Gasteiger charge is -2.25. The van der Waals surface area contributed by atoms with Crippen molar-refractivity contribution in [1.82, 2.24) is 0 Å². The molecule has 6 unspecified atom stereocenters. The molecule has 4 aliphatic rings. The molecule has 2 heterocycles. The lowest BCUT2D eigenvalue weighted by Crippen LogP contribution is -2.34. The fourth-order valence-corrected chi connectivity index (χ4v) is 3.98. The molecule has 106 valence electrons. The third-order valence-corrected chi connectivity index (χ3v) is 5.45. The molecule has 4 fully saturated rings. The minimum Gasteiger partial charge on any atom is -0.462 e. The molecule has 2 aliphatic heterocycles. The molecule has 0 radical (unpaired) electrons. The van der Waals surface area contributed by atoms with E-state index in [1.807, 2.05) is 0 Å². The van der Waals surface area contributed by atoms with Gasteiger partial charge in [0.1, 0.15) is 12.2 Å². The van der Waals surface area contributed by atoms with Gasteiger partial charge in [-0.1, -0.05) is 19.8 Å². The molecule has 0 spiro atoms. The summed E-state index contributed by atoms with van der Waals surface area (Å²) in [5.74, 6) is 0.382. The predicted molar refractivity (Wildman–Crippen MR) is 67.6 cm³/mol. The first-order valence-electron chi connectivity index (χ1n) is 7.68. The Balaban J connectivity index is 1.32. The maximum Gasteiger partial charge on any atom is 0.309 e. The van der Waals surface area contributed by atoms with Gasteiger partial charge in [0.05, 0.1) is 24.2 Å². The number of hydrogen-bond donors (Lipinski definition) is 0. The minimum absolute atomic E-state index is 0.0286. The van der Waals surface area contributed by atoms with Gasteiger partial charge in [0.15, 0.2) is 0 Å². The fraction of sp³-hybridized carbons (Fsp3) is 0.933. The first-order chi connectivity index (χ1) is 9.18. The average molecular weight is 266 g/mol. The van der Waals surface area contributed by atoms with E-state index in [4.69, 9.17) is 14.2 Å². The fourth-order valence-electron chi connectivity index (χ4n) is 3.98. The molecule has 4 nitrogen and oxygen atoms in total. The third-order valence-electron chi connectivity index (χ3n) is 5.45. The molecule has 6 atom stereocenters. The van der Waals surface area contributed by atoms with Crippen molar-refractivity contribution in [2.24, 2.45) is 11.8 Å². The number of epoxide rings is 2. The first-order valence-corrected chi connectivity index (χ1v) is 7.68. The van der Waals surface area contributed by atoms with Crippen molar-refractivity contribution in [2.45, 2.75) is 69.4 Å². The Kier molecular flexibility index (Phi) is 2.68. The highest BCUT2D eigenvalue weighted by atomic mass is 16.6. The number of esters is 1. The summed E-state index contributed by atoms with van der Waals surface area (Å²) in [7, 11) is 0. The number of hydrogen-bond acceptors (Lipinski definition) is 4. The highest BCUT2D eigenvalue weighted by Gasteiger charge is 2.58. The standard InChI is InChI=1S/C15H22O4/c1-9-6-11-12(18-11)7-10(9)14(16)17-8-15-5-3-2-4-13(15)19-15/h9-13H,2-8H2,1H3. The summed E-state index contributed by atoms with van der Waals surface area (Å²) in [6, 6.07) is 0. The lowest BCUT2D eigenvalue weighted by molar-refractivity contribution is -0.153. The number of fused-ring (bicyclic) bond motifs is 2. The summed E-state index contributed by atoms with van der Waals surface area (Å²) in [5.41, 5.74) is -0.107. The van der Waals surface area contributed by atoms with Crippen molar-refractivity contribution in [1.29, 1.82) is 0 Å². The van der Waals surface area contributed by atoms with E-state index >= 15 is 0 Å². The quantitative estimate of drug-likeness (QED) is 0.579. The van der Waals surface area contributed by atoms with E-state index in [0.717, 1.165) is 25.7 Å². The Labute approximate surface area is 113 Å². The molecule has 2 saturated carbocycles. The first kappa shape index (κ1) is 12.2. The largest absolute Gasteiger partial charge is 0.462 e. The smallest absolute Gasteiger partial charge is 0.309 e. The molecule has 0 N–H and O–H groups in total. The summed E-state index contributed by atoms with van der Waals surface area (Å²) in [5, 5.41) is 0. The van der Waals surface area contributed by atoms with Gasteiger partial charge in [-0.2, -0.15) is 0 Å². The Hall–Kier alpha value is -0.610. The Morgan fingerprint density at radius 3 is 3.00 bits per heavy atom. The van der Waals surface area contributed by atoms with Gasteiger partial charge in [-0.15, -0.1) is 0 Å². The number of rotatable bonds is 3. The van der Waals surface area contributed by atoms with Crippen LogP contribution in [0.2, 0.25) is 0 Å². The topological polar surface area (TPSA) is 51.4 Å². The summed E-state index contributed by atoms with van der Waals surface area (Å²) >= 11 is 0. The summed E-state index contributed by atoms with van der Waals surface area (Å²) in [4.78, 5) is 12.2. The van der Waals surface area contributed by atoms with Gasteiger partial charge in [-0.25, -0.2) is 0 Å². The Morgan fingerprint density at radius 2 is 2.16 bits per heavy atom. The van der Waals surface area contributed by atoms with E-state index in [2.05, 4.69) is 6.92 Å². The zero-order chi connectivity index (χ0) is 13.0. The molecule has 0 bridgehead atoms. The van der Waals surface area contributed by atoms with Crippen molar-refractivity contribution >= 4 is 5.97 Å². The maximum absolute atomic E-state index is 12.2. The van der Waals surface area contributed by atoms with Crippen LogP contribution in [0.1, 0.15) is 45.4 Å². The van der Waals surface area contributed by atoms with Crippen LogP contribution in [0.4, 0.5) is 0 Å². The zero-order valence-corrected chi connectivity index (χ0v) is 11.5. The molecular weight excluding hydrogens is 244 g/mol. The van der Waals surface area contributed by atoms with Gasteiger partial charge < -0.3 is 14.2 Å². The molecule has 4 heteroatoms. The molecule has 19 heavy (non-hydrogen) atoms. The van der Waals surface area contributed by atoms with E-state index in [-0.39, 0.29) is 17.5 Å². The second-order valence-electron chi connectivity index (χ2n) is 6.79. The predicted octanol–water partition coefficient (Wildman–Crippen LogP) is 2.05. The van der Waals surface area contributed by atoms with Gasteiger partial charge in [-0.05, 0) is 31.6 Å². The van der Waals surface area contributed by atoms with Crippen LogP contribution in [-0.2, 0) is 19.0 Å². The van der Waals surface area contributed by atoms with E-state index in [1.54, 1.807) is 0 Å². The van der Waals surface area contributed by atoms with E-state index < -0.39 is 0 Å². The molecule has 0 amide bonds. The van der Waals surface area contributed by atoms with Crippen molar-refractivity contribution in [2.75, 3.05) is 6.61 Å². The number of ether oxygens (including phenoxy) is 3. The van der Waals surface area contributed by atoms with Gasteiger partial charge in [-0.3, -0.25) is 4.79 Å². The van der Waals surface area contributed by atoms with E-state index in [0.29, 0.717) is 30.8 Å². The summed E-state index contributed by atoms with van der Waals surface area (Å²) in [6.45, 7) is 2.60. The lowest BCUT2D eigenvalue weighted by atomic mass is 9.80. The van der Waals surface area contributed by atoms with Gasteiger partial charge in [0.2, 0.25) is 0 Å². The maximum atomic E-state index is 12.2. The van der Waals surface area contributed by atoms with Crippen LogP contribution >= 0.6 is 0 Å². The minimum atomic E-state index is -0.107. The van der Waals surface area contributed by atoms with Gasteiger partial charge >= 0.3 is 5.97 Å². The second-order valence-corrected chi connectivity index (χ2v) is 6.79.